The van der Waals surface area contributed by atoms with Crippen LogP contribution in [0.2, 0.25) is 0 Å². The van der Waals surface area contributed by atoms with E-state index >= 15 is 0 Å². The Morgan fingerprint density at radius 2 is 0.732 bits per heavy atom. The van der Waals surface area contributed by atoms with Crippen molar-refractivity contribution in [2.45, 2.75) is 128 Å². The third-order valence-corrected chi connectivity index (χ3v) is 12.4. The Morgan fingerprint density at radius 3 is 1.07 bits per heavy atom. The summed E-state index contributed by atoms with van der Waals surface area (Å²) in [6.07, 6.45) is 5.57. The largest absolute Gasteiger partial charge is 0.212 e. The van der Waals surface area contributed by atoms with Gasteiger partial charge in [-0.15, -0.1) is 0 Å². The number of pyridine rings is 4. The Bertz CT molecular complexity index is 3410. The highest BCUT2D eigenvalue weighted by Crippen LogP contribution is 2.27. The second-order valence-corrected chi connectivity index (χ2v) is 18.6. The summed E-state index contributed by atoms with van der Waals surface area (Å²) in [5, 5.41) is 0. The van der Waals surface area contributed by atoms with Crippen LogP contribution in [0.3, 0.4) is 0 Å². The Hall–Kier alpha value is -6.52. The SMILES string of the molecule is [2H]C([2H])([2H])c1ccc(-c2ccc(C([2H])(C)C([2H])([2H])[2H])cc2C)[n+](C)c1.[2H]C([2H])([2H])c1ccc(-c2ccc(C([2H])(C)C)c[n+]2C)c(C)c1.[2H]C([2H])([2H])c1ccc(-c2ccc(C([2H])(C)C)cc2C)[n+](C)c1.[2H]C([2H])([2H])c1ccc(-c2ccc(C([2H])([2H])C)c[n+]2C)c(C)c1. The van der Waals surface area contributed by atoms with Crippen LogP contribution in [-0.4, -0.2) is 0 Å². The number of benzene rings is 4. The average Bonchev–Trinajstić information content (AvgIpc) is 0.809. The Morgan fingerprint density at radius 1 is 0.394 bits per heavy atom. The monoisotopic (exact) mass is 967 g/mol. The molecule has 0 saturated carbocycles. The molecule has 0 amide bonds. The van der Waals surface area contributed by atoms with Gasteiger partial charge < -0.3 is 0 Å². The smallest absolute Gasteiger partial charge is 0.201 e. The molecule has 0 N–H and O–H groups in total. The highest BCUT2D eigenvalue weighted by atomic mass is 14.9. The van der Waals surface area contributed by atoms with Crippen molar-refractivity contribution < 1.29 is 45.7 Å². The molecule has 71 heavy (non-hydrogen) atoms. The summed E-state index contributed by atoms with van der Waals surface area (Å²) in [6, 6.07) is 35.9. The molecular formula is C67H86N4+4. The number of rotatable bonds is 8. The van der Waals surface area contributed by atoms with E-state index < -0.39 is 58.3 Å². The molecule has 370 valence electrons. The van der Waals surface area contributed by atoms with E-state index in [1.165, 1.54) is 13.8 Å². The topological polar surface area (TPSA) is 15.5 Å². The van der Waals surface area contributed by atoms with Gasteiger partial charge in [0.15, 0.2) is 24.8 Å². The van der Waals surface area contributed by atoms with Crippen molar-refractivity contribution in [1.29, 1.82) is 0 Å². The lowest BCUT2D eigenvalue weighted by molar-refractivity contribution is -0.661. The van der Waals surface area contributed by atoms with E-state index in [4.69, 9.17) is 27.4 Å². The van der Waals surface area contributed by atoms with Crippen molar-refractivity contribution in [3.05, 3.63) is 213 Å². The molecule has 0 aliphatic heterocycles. The second kappa shape index (κ2) is 25.0. The van der Waals surface area contributed by atoms with E-state index in [2.05, 4.69) is 0 Å². The maximum Gasteiger partial charge on any atom is 0.212 e. The number of aryl methyl sites for hydroxylation is 13. The Labute approximate surface area is 458 Å². The van der Waals surface area contributed by atoms with E-state index in [1.807, 2.05) is 151 Å². The average molecular weight is 968 g/mol. The zero-order valence-electron chi connectivity index (χ0n) is 64.1. The summed E-state index contributed by atoms with van der Waals surface area (Å²) in [6.45, 7) is 7.18. The first kappa shape index (κ1) is 33.2. The van der Waals surface area contributed by atoms with Crippen molar-refractivity contribution in [2.75, 3.05) is 0 Å². The van der Waals surface area contributed by atoms with Crippen LogP contribution in [0, 0.1) is 55.1 Å². The first-order chi connectivity index (χ1) is 41.2. The molecule has 4 heteroatoms. The highest BCUT2D eigenvalue weighted by molar-refractivity contribution is 5.64. The molecule has 0 spiro atoms. The molecule has 4 aromatic heterocycles. The van der Waals surface area contributed by atoms with Crippen molar-refractivity contribution >= 4 is 0 Å². The summed E-state index contributed by atoms with van der Waals surface area (Å²) in [4.78, 5) is 0. The molecule has 1 unspecified atom stereocenters. The first-order valence-corrected chi connectivity index (χ1v) is 23.7. The molecule has 0 aliphatic rings. The number of aromatic nitrogens is 4. The second-order valence-electron chi connectivity index (χ2n) is 18.6. The van der Waals surface area contributed by atoms with Gasteiger partial charge in [-0.1, -0.05) is 108 Å². The minimum absolute atomic E-state index is 0.258. The molecule has 4 nitrogen and oxygen atoms in total. The van der Waals surface area contributed by atoms with Gasteiger partial charge in [-0.3, -0.25) is 0 Å². The third kappa shape index (κ3) is 14.8. The molecule has 0 bridgehead atoms. The molecule has 8 aromatic rings. The summed E-state index contributed by atoms with van der Waals surface area (Å²) in [7, 11) is 7.44. The van der Waals surface area contributed by atoms with Gasteiger partial charge >= 0.3 is 0 Å². The van der Waals surface area contributed by atoms with E-state index in [9.17, 15) is 0 Å². The maximum atomic E-state index is 8.20. The van der Waals surface area contributed by atoms with E-state index in [0.29, 0.717) is 27.8 Å². The van der Waals surface area contributed by atoms with E-state index in [-0.39, 0.29) is 5.56 Å². The fourth-order valence-electron chi connectivity index (χ4n) is 8.34. The lowest BCUT2D eigenvalue weighted by Gasteiger charge is -2.10. The fraction of sp³-hybridized carbons (Fsp3) is 0.343. The van der Waals surface area contributed by atoms with Gasteiger partial charge in [-0.25, -0.2) is 18.3 Å². The summed E-state index contributed by atoms with van der Waals surface area (Å²) >= 11 is 0. The lowest BCUT2D eigenvalue weighted by Crippen LogP contribution is -2.31. The van der Waals surface area contributed by atoms with Crippen LogP contribution in [0.4, 0.5) is 0 Å². The van der Waals surface area contributed by atoms with Crippen LogP contribution in [0.15, 0.2) is 146 Å². The van der Waals surface area contributed by atoms with Crippen molar-refractivity contribution in [1.82, 2.24) is 0 Å². The molecule has 0 fully saturated rings. The van der Waals surface area contributed by atoms with Gasteiger partial charge in [0.25, 0.3) is 0 Å². The quantitative estimate of drug-likeness (QED) is 0.135. The van der Waals surface area contributed by atoms with Crippen LogP contribution in [0.5, 0.6) is 0 Å². The summed E-state index contributed by atoms with van der Waals surface area (Å²) in [5.74, 6) is -2.96. The van der Waals surface area contributed by atoms with Gasteiger partial charge in [0.2, 0.25) is 22.8 Å². The molecule has 0 saturated heterocycles. The number of hydrogen-bond acceptors (Lipinski definition) is 0. The molecule has 1 atom stereocenters. The molecule has 0 radical (unpaired) electrons. The van der Waals surface area contributed by atoms with Gasteiger partial charge in [-0.05, 0) is 161 Å². The minimum atomic E-state index is -2.42. The number of hydrogen-bond donors (Lipinski definition) is 0. The lowest BCUT2D eigenvalue weighted by atomic mass is 9.96. The fourth-order valence-corrected chi connectivity index (χ4v) is 8.34. The van der Waals surface area contributed by atoms with Crippen molar-refractivity contribution in [3.63, 3.8) is 0 Å². The van der Waals surface area contributed by atoms with Crippen LogP contribution in [0.25, 0.3) is 45.0 Å². The highest BCUT2D eigenvalue weighted by Gasteiger charge is 2.17. The first-order valence-electron chi connectivity index (χ1n) is 33.7. The van der Waals surface area contributed by atoms with Gasteiger partial charge in [0.05, 0.1) is 0 Å². The normalized spacial score (nSPS) is 17.3. The van der Waals surface area contributed by atoms with Gasteiger partial charge in [0.1, 0.15) is 28.2 Å². The minimum Gasteiger partial charge on any atom is -0.201 e. The molecule has 8 rings (SSSR count). The van der Waals surface area contributed by atoms with Crippen molar-refractivity contribution in [2.24, 2.45) is 28.2 Å². The van der Waals surface area contributed by atoms with Crippen molar-refractivity contribution in [3.8, 4) is 45.0 Å². The van der Waals surface area contributed by atoms with E-state index in [0.717, 1.165) is 78.4 Å². The summed E-state index contributed by atoms with van der Waals surface area (Å²) < 4.78 is 160. The van der Waals surface area contributed by atoms with Crippen LogP contribution in [0.1, 0.15) is 160 Å². The Kier molecular flexibility index (Phi) is 11.7. The van der Waals surface area contributed by atoms with Crippen LogP contribution in [-0.2, 0) is 34.6 Å². The zero-order valence-corrected chi connectivity index (χ0v) is 44.1. The molecule has 4 heterocycles. The van der Waals surface area contributed by atoms with Gasteiger partial charge in [0, 0.05) is 96.2 Å². The van der Waals surface area contributed by atoms with Gasteiger partial charge in [-0.2, -0.15) is 0 Å². The zero-order chi connectivity index (χ0) is 69.3. The maximum absolute atomic E-state index is 8.20. The third-order valence-electron chi connectivity index (χ3n) is 12.4. The predicted octanol–water partition coefficient (Wildman–Crippen LogP) is 15.1. The predicted molar refractivity (Wildman–Crippen MR) is 302 cm³/mol. The van der Waals surface area contributed by atoms with Crippen LogP contribution >= 0.6 is 0 Å². The number of nitrogens with zero attached hydrogens (tertiary/aromatic N) is 4. The van der Waals surface area contributed by atoms with Crippen LogP contribution < -0.4 is 18.3 Å². The molecule has 0 aliphatic carbocycles. The Balaban J connectivity index is 0.000000221. The molecule has 4 aromatic carbocycles. The van der Waals surface area contributed by atoms with E-state index in [1.54, 1.807) is 96.9 Å². The molecular weight excluding hydrogens is 861 g/mol. The summed E-state index contributed by atoms with van der Waals surface area (Å²) in [5.41, 5.74) is 15.5. The standard InChI is InChI=1S/3C17H22N.C16H20N/c2*1-12(2)15-7-8-16(14(4)10-15)17-9-6-13(3)11-18(17)5;1-12(2)15-7-9-17(18(5)11-15)16-8-6-13(3)10-14(16)4;1-5-14-7-9-16(17(4)11-14)15-8-6-12(2)10-13(15)3/h3*6-12H,1-5H3;6-11H,5H2,1-4H3/q4*+1/i1D3,3D3,12D;2*3D3,12D;2D3,5D2.